The third-order valence-electron chi connectivity index (χ3n) is 5.09. The molecular weight excluding hydrogens is 374 g/mol. The molecule has 2 aromatic carbocycles. The van der Waals surface area contributed by atoms with Crippen molar-refractivity contribution in [3.63, 3.8) is 0 Å². The lowest BCUT2D eigenvalue weighted by molar-refractivity contribution is 0.162. The molecule has 0 aliphatic carbocycles. The smallest absolute Gasteiger partial charge is 0.246 e. The predicted octanol–water partition coefficient (Wildman–Crippen LogP) is 2.88. The summed E-state index contributed by atoms with van der Waals surface area (Å²) < 4.78 is 33.0. The highest BCUT2D eigenvalue weighted by molar-refractivity contribution is 7.89. The van der Waals surface area contributed by atoms with E-state index in [2.05, 4.69) is 6.07 Å². The van der Waals surface area contributed by atoms with Gasteiger partial charge in [-0.25, -0.2) is 8.42 Å². The van der Waals surface area contributed by atoms with E-state index in [0.717, 1.165) is 16.7 Å². The van der Waals surface area contributed by atoms with Gasteiger partial charge in [0, 0.05) is 26.2 Å². The minimum Gasteiger partial charge on any atom is -0.495 e. The molecule has 0 saturated carbocycles. The number of sulfonamides is 1. The van der Waals surface area contributed by atoms with Crippen LogP contribution in [0.1, 0.15) is 22.7 Å². The van der Waals surface area contributed by atoms with Crippen molar-refractivity contribution in [2.45, 2.75) is 24.8 Å². The number of hydrogen-bond donors (Lipinski definition) is 0. The largest absolute Gasteiger partial charge is 0.495 e. The maximum absolute atomic E-state index is 13.1. The molecule has 1 saturated heterocycles. The summed E-state index contributed by atoms with van der Waals surface area (Å²) in [6, 6.07) is 15.0. The number of nitrogens with zero attached hydrogens (tertiary/aromatic N) is 3. The van der Waals surface area contributed by atoms with E-state index < -0.39 is 10.0 Å². The van der Waals surface area contributed by atoms with Crippen LogP contribution in [0, 0.1) is 25.2 Å². The zero-order valence-corrected chi connectivity index (χ0v) is 17.2. The average molecular weight is 400 g/mol. The number of benzene rings is 2. The van der Waals surface area contributed by atoms with Crippen molar-refractivity contribution in [2.24, 2.45) is 0 Å². The monoisotopic (exact) mass is 399 g/mol. The summed E-state index contributed by atoms with van der Waals surface area (Å²) in [6.45, 7) is 5.54. The minimum absolute atomic E-state index is 0.193. The first-order valence-corrected chi connectivity index (χ1v) is 10.7. The normalized spacial score (nSPS) is 17.1. The van der Waals surface area contributed by atoms with Gasteiger partial charge in [0.2, 0.25) is 10.0 Å². The Bertz CT molecular complexity index is 973. The summed E-state index contributed by atoms with van der Waals surface area (Å²) in [4.78, 5) is 2.23. The molecule has 1 heterocycles. The summed E-state index contributed by atoms with van der Waals surface area (Å²) >= 11 is 0. The molecule has 3 rings (SSSR count). The number of piperazine rings is 1. The quantitative estimate of drug-likeness (QED) is 0.773. The Balaban J connectivity index is 1.77. The third-order valence-corrected chi connectivity index (χ3v) is 7.01. The van der Waals surface area contributed by atoms with Crippen LogP contribution in [0.4, 0.5) is 0 Å². The molecule has 0 amide bonds. The van der Waals surface area contributed by atoms with Crippen LogP contribution in [0.2, 0.25) is 0 Å². The molecule has 1 aliphatic heterocycles. The van der Waals surface area contributed by atoms with Crippen molar-refractivity contribution >= 4 is 10.0 Å². The van der Waals surface area contributed by atoms with E-state index in [1.807, 2.05) is 49.1 Å². The van der Waals surface area contributed by atoms with Crippen LogP contribution in [0.25, 0.3) is 0 Å². The zero-order chi connectivity index (χ0) is 20.3. The van der Waals surface area contributed by atoms with E-state index in [9.17, 15) is 13.7 Å². The first kappa shape index (κ1) is 20.3. The van der Waals surface area contributed by atoms with Gasteiger partial charge in [0.1, 0.15) is 16.7 Å². The molecule has 0 bridgehead atoms. The molecule has 0 spiro atoms. The van der Waals surface area contributed by atoms with Crippen LogP contribution in [0.3, 0.4) is 0 Å². The molecule has 148 valence electrons. The molecule has 6 nitrogen and oxygen atoms in total. The number of methoxy groups -OCH3 is 1. The molecule has 0 radical (unpaired) electrons. The van der Waals surface area contributed by atoms with Crippen LogP contribution in [-0.2, 0) is 10.0 Å². The van der Waals surface area contributed by atoms with Gasteiger partial charge in [0.25, 0.3) is 0 Å². The highest BCUT2D eigenvalue weighted by Gasteiger charge is 2.33. The van der Waals surface area contributed by atoms with E-state index in [0.29, 0.717) is 31.9 Å². The molecular formula is C21H25N3O3S. The summed E-state index contributed by atoms with van der Waals surface area (Å²) in [5.74, 6) is 0.350. The standard InChI is InChI=1S/C21H25N3O3S/c1-16-4-7-18(8-5-16)19(15-22)23-10-12-24(13-11-23)28(25,26)21-14-17(2)6-9-20(21)27-3/h4-9,14,19H,10-13H2,1-3H3. The lowest BCUT2D eigenvalue weighted by Crippen LogP contribution is -2.49. The van der Waals surface area contributed by atoms with Crippen LogP contribution in [0.5, 0.6) is 5.75 Å². The second-order valence-electron chi connectivity index (χ2n) is 7.04. The molecule has 1 unspecified atom stereocenters. The van der Waals surface area contributed by atoms with Crippen molar-refractivity contribution in [3.8, 4) is 11.8 Å². The Morgan fingerprint density at radius 2 is 1.61 bits per heavy atom. The average Bonchev–Trinajstić information content (AvgIpc) is 2.70. The summed E-state index contributed by atoms with van der Waals surface area (Å²) in [5, 5.41) is 9.66. The van der Waals surface area contributed by atoms with Crippen molar-refractivity contribution in [3.05, 3.63) is 59.2 Å². The molecule has 1 fully saturated rings. The van der Waals surface area contributed by atoms with Gasteiger partial charge in [-0.15, -0.1) is 0 Å². The van der Waals surface area contributed by atoms with Gasteiger partial charge in [0.15, 0.2) is 0 Å². The molecule has 2 aromatic rings. The van der Waals surface area contributed by atoms with Crippen LogP contribution in [0.15, 0.2) is 47.4 Å². The number of hydrogen-bond acceptors (Lipinski definition) is 5. The van der Waals surface area contributed by atoms with Crippen molar-refractivity contribution in [2.75, 3.05) is 33.3 Å². The maximum atomic E-state index is 13.1. The predicted molar refractivity (Wildman–Crippen MR) is 108 cm³/mol. The van der Waals surface area contributed by atoms with Gasteiger partial charge in [-0.1, -0.05) is 35.9 Å². The lowest BCUT2D eigenvalue weighted by Gasteiger charge is -2.36. The van der Waals surface area contributed by atoms with Crippen molar-refractivity contribution in [1.82, 2.24) is 9.21 Å². The highest BCUT2D eigenvalue weighted by Crippen LogP contribution is 2.29. The van der Waals surface area contributed by atoms with Gasteiger partial charge >= 0.3 is 0 Å². The molecule has 7 heteroatoms. The van der Waals surface area contributed by atoms with E-state index in [1.54, 1.807) is 12.1 Å². The van der Waals surface area contributed by atoms with Gasteiger partial charge in [-0.3, -0.25) is 4.90 Å². The van der Waals surface area contributed by atoms with Crippen LogP contribution < -0.4 is 4.74 Å². The zero-order valence-electron chi connectivity index (χ0n) is 16.4. The molecule has 28 heavy (non-hydrogen) atoms. The first-order chi connectivity index (χ1) is 13.4. The fourth-order valence-electron chi connectivity index (χ4n) is 3.44. The van der Waals surface area contributed by atoms with Crippen molar-refractivity contribution in [1.29, 1.82) is 5.26 Å². The lowest BCUT2D eigenvalue weighted by atomic mass is 10.0. The van der Waals surface area contributed by atoms with Gasteiger partial charge in [-0.2, -0.15) is 9.57 Å². The Labute approximate surface area is 167 Å². The summed E-state index contributed by atoms with van der Waals surface area (Å²) in [6.07, 6.45) is 0. The number of ether oxygens (including phenoxy) is 1. The third kappa shape index (κ3) is 4.04. The van der Waals surface area contributed by atoms with E-state index in [4.69, 9.17) is 4.74 Å². The fraction of sp³-hybridized carbons (Fsp3) is 0.381. The Morgan fingerprint density at radius 3 is 2.18 bits per heavy atom. The SMILES string of the molecule is COc1ccc(C)cc1S(=O)(=O)N1CCN(C(C#N)c2ccc(C)cc2)CC1. The molecule has 0 aromatic heterocycles. The second kappa shape index (κ2) is 8.31. The molecule has 1 atom stereocenters. The maximum Gasteiger partial charge on any atom is 0.246 e. The van der Waals surface area contributed by atoms with Gasteiger partial charge in [0.05, 0.1) is 13.2 Å². The Morgan fingerprint density at radius 1 is 1.00 bits per heavy atom. The highest BCUT2D eigenvalue weighted by atomic mass is 32.2. The van der Waals surface area contributed by atoms with E-state index >= 15 is 0 Å². The number of rotatable bonds is 5. The van der Waals surface area contributed by atoms with Gasteiger partial charge in [-0.05, 0) is 37.1 Å². The topological polar surface area (TPSA) is 73.6 Å². The van der Waals surface area contributed by atoms with Crippen molar-refractivity contribution < 1.29 is 13.2 Å². The van der Waals surface area contributed by atoms with Gasteiger partial charge < -0.3 is 4.74 Å². The second-order valence-corrected chi connectivity index (χ2v) is 8.94. The van der Waals surface area contributed by atoms with Crippen LogP contribution in [-0.4, -0.2) is 50.9 Å². The molecule has 1 aliphatic rings. The number of aryl methyl sites for hydroxylation is 2. The molecule has 0 N–H and O–H groups in total. The minimum atomic E-state index is -3.65. The van der Waals surface area contributed by atoms with E-state index in [-0.39, 0.29) is 10.9 Å². The first-order valence-electron chi connectivity index (χ1n) is 9.22. The Hall–Kier alpha value is -2.40. The van der Waals surface area contributed by atoms with E-state index in [1.165, 1.54) is 11.4 Å². The Kier molecular flexibility index (Phi) is 6.04. The summed E-state index contributed by atoms with van der Waals surface area (Å²) in [5.41, 5.74) is 2.94. The summed E-state index contributed by atoms with van der Waals surface area (Å²) in [7, 11) is -2.18. The number of nitriles is 1. The van der Waals surface area contributed by atoms with Crippen LogP contribution >= 0.6 is 0 Å². The fourth-order valence-corrected chi connectivity index (χ4v) is 5.11.